The number of amides is 1. The van der Waals surface area contributed by atoms with Crippen molar-refractivity contribution < 1.29 is 4.79 Å². The molecule has 0 aliphatic carbocycles. The van der Waals surface area contributed by atoms with Crippen molar-refractivity contribution in [3.8, 4) is 0 Å². The number of carbonyl (C=O) groups is 1. The molecule has 1 N–H and O–H groups in total. The normalized spacial score (nSPS) is 15.6. The number of benzene rings is 2. The molecule has 7 nitrogen and oxygen atoms in total. The van der Waals surface area contributed by atoms with E-state index in [1.165, 1.54) is 11.3 Å². The summed E-state index contributed by atoms with van der Waals surface area (Å²) < 4.78 is 4.09. The number of allylic oxidation sites excluding steroid dienone is 1. The van der Waals surface area contributed by atoms with Crippen molar-refractivity contribution >= 4 is 29.0 Å². The van der Waals surface area contributed by atoms with E-state index in [2.05, 4.69) is 10.4 Å². The molecule has 0 bridgehead atoms. The molecule has 0 fully saturated rings. The van der Waals surface area contributed by atoms with Crippen molar-refractivity contribution in [1.29, 1.82) is 0 Å². The number of hydrogen-bond donors (Lipinski definition) is 1. The lowest BCUT2D eigenvalue weighted by Gasteiger charge is -2.25. The van der Waals surface area contributed by atoms with Gasteiger partial charge in [-0.2, -0.15) is 5.10 Å². The molecule has 1 amide bonds. The first kappa shape index (κ1) is 22.7. The van der Waals surface area contributed by atoms with Gasteiger partial charge in [0.2, 0.25) is 0 Å². The number of carbonyl (C=O) groups excluding carboxylic acids is 1. The van der Waals surface area contributed by atoms with Crippen LogP contribution in [0.4, 0.5) is 5.69 Å². The van der Waals surface area contributed by atoms with Crippen LogP contribution < -0.4 is 20.2 Å². The third kappa shape index (κ3) is 4.17. The van der Waals surface area contributed by atoms with Gasteiger partial charge in [-0.05, 0) is 44.5 Å². The molecule has 0 spiro atoms. The number of nitrogens with zero attached hydrogens (tertiary/aromatic N) is 4. The molecule has 1 aliphatic rings. The Hall–Kier alpha value is -4.04. The lowest BCUT2D eigenvalue weighted by molar-refractivity contribution is -0.113. The summed E-state index contributed by atoms with van der Waals surface area (Å²) in [4.78, 5) is 32.5. The van der Waals surface area contributed by atoms with Gasteiger partial charge in [0.1, 0.15) is 0 Å². The predicted molar refractivity (Wildman–Crippen MR) is 138 cm³/mol. The Morgan fingerprint density at radius 2 is 1.77 bits per heavy atom. The molecule has 5 rings (SSSR count). The highest BCUT2D eigenvalue weighted by Gasteiger charge is 2.32. The second-order valence-corrected chi connectivity index (χ2v) is 9.32. The van der Waals surface area contributed by atoms with Gasteiger partial charge in [-0.25, -0.2) is 4.99 Å². The van der Waals surface area contributed by atoms with Gasteiger partial charge in [-0.1, -0.05) is 59.9 Å². The van der Waals surface area contributed by atoms with Gasteiger partial charge in [-0.15, -0.1) is 0 Å². The first-order chi connectivity index (χ1) is 17.0. The van der Waals surface area contributed by atoms with Gasteiger partial charge in [0.25, 0.3) is 11.5 Å². The van der Waals surface area contributed by atoms with Crippen molar-refractivity contribution in [1.82, 2.24) is 14.3 Å². The van der Waals surface area contributed by atoms with E-state index in [0.29, 0.717) is 26.3 Å². The van der Waals surface area contributed by atoms with Crippen molar-refractivity contribution in [3.63, 3.8) is 0 Å². The number of thiazole rings is 1. The zero-order valence-corrected chi connectivity index (χ0v) is 20.5. The van der Waals surface area contributed by atoms with E-state index in [9.17, 15) is 9.59 Å². The van der Waals surface area contributed by atoms with Crippen LogP contribution in [0.2, 0.25) is 0 Å². The van der Waals surface area contributed by atoms with Crippen molar-refractivity contribution in [2.24, 2.45) is 4.99 Å². The van der Waals surface area contributed by atoms with Gasteiger partial charge in [0.05, 0.1) is 28.0 Å². The first-order valence-electron chi connectivity index (χ1n) is 11.4. The van der Waals surface area contributed by atoms with Crippen LogP contribution in [-0.2, 0) is 11.3 Å². The van der Waals surface area contributed by atoms with Crippen LogP contribution in [0, 0.1) is 6.92 Å². The Morgan fingerprint density at radius 1 is 1.09 bits per heavy atom. The Kier molecular flexibility index (Phi) is 6.05. The molecular formula is C27H25N5O2S. The smallest absolute Gasteiger partial charge is 0.271 e. The van der Waals surface area contributed by atoms with Gasteiger partial charge in [0, 0.05) is 23.5 Å². The number of aromatic nitrogens is 3. The largest absolute Gasteiger partial charge is 0.322 e. The number of rotatable bonds is 5. The molecule has 1 atom stereocenters. The number of aryl methyl sites for hydroxylation is 1. The molecule has 3 heterocycles. The van der Waals surface area contributed by atoms with Crippen LogP contribution in [0.3, 0.4) is 0 Å². The number of nitrogens with one attached hydrogen (secondary N) is 1. The van der Waals surface area contributed by atoms with Crippen LogP contribution in [0.25, 0.3) is 6.08 Å². The Balaban J connectivity index is 1.67. The second-order valence-electron chi connectivity index (χ2n) is 8.31. The summed E-state index contributed by atoms with van der Waals surface area (Å²) >= 11 is 1.33. The predicted octanol–water partition coefficient (Wildman–Crippen LogP) is 3.40. The summed E-state index contributed by atoms with van der Waals surface area (Å²) in [6.45, 7) is 6.60. The molecule has 4 aromatic rings. The van der Waals surface area contributed by atoms with E-state index in [0.717, 1.165) is 23.4 Å². The van der Waals surface area contributed by atoms with Crippen LogP contribution in [0.5, 0.6) is 0 Å². The van der Waals surface area contributed by atoms with Crippen LogP contribution in [-0.4, -0.2) is 20.3 Å². The Labute approximate surface area is 206 Å². The fourth-order valence-corrected chi connectivity index (χ4v) is 5.38. The van der Waals surface area contributed by atoms with Crippen LogP contribution in [0.15, 0.2) is 87.9 Å². The van der Waals surface area contributed by atoms with E-state index in [4.69, 9.17) is 4.99 Å². The van der Waals surface area contributed by atoms with E-state index >= 15 is 0 Å². The molecule has 2 aromatic carbocycles. The van der Waals surface area contributed by atoms with Crippen LogP contribution >= 0.6 is 11.3 Å². The lowest BCUT2D eigenvalue weighted by atomic mass is 9.95. The quantitative estimate of drug-likeness (QED) is 0.472. The maximum absolute atomic E-state index is 13.7. The standard InChI is InChI=1S/C27H25N5O2S/c1-4-31-18(3)20(16-28-31)15-22-26(34)32-24(19-11-7-5-8-12-19)23(17(2)29-27(32)35-22)25(33)30-21-13-9-6-10-14-21/h5-16,24H,4H2,1-3H3,(H,30,33)/b22-15+/t24-/m1/s1. The van der Waals surface area contributed by atoms with E-state index < -0.39 is 6.04 Å². The van der Waals surface area contributed by atoms with Gasteiger partial charge >= 0.3 is 0 Å². The average Bonchev–Trinajstić information content (AvgIpc) is 3.37. The minimum Gasteiger partial charge on any atom is -0.322 e. The fourth-order valence-electron chi connectivity index (χ4n) is 4.35. The summed E-state index contributed by atoms with van der Waals surface area (Å²) in [5, 5.41) is 7.36. The minimum absolute atomic E-state index is 0.177. The molecule has 0 radical (unpaired) electrons. The highest BCUT2D eigenvalue weighted by molar-refractivity contribution is 7.07. The SMILES string of the molecule is CCn1ncc(/C=c2/sc3n(c2=O)[C@H](c2ccccc2)C(C(=O)Nc2ccccc2)=C(C)N=3)c1C. The van der Waals surface area contributed by atoms with Crippen molar-refractivity contribution in [2.45, 2.75) is 33.4 Å². The molecule has 0 unspecified atom stereocenters. The Morgan fingerprint density at radius 3 is 2.43 bits per heavy atom. The Bertz CT molecular complexity index is 1610. The molecule has 0 saturated carbocycles. The van der Waals surface area contributed by atoms with E-state index in [-0.39, 0.29) is 11.5 Å². The topological polar surface area (TPSA) is 81.3 Å². The van der Waals surface area contributed by atoms with E-state index in [1.807, 2.05) is 92.2 Å². The highest BCUT2D eigenvalue weighted by atomic mass is 32.1. The third-order valence-electron chi connectivity index (χ3n) is 6.14. The zero-order chi connectivity index (χ0) is 24.5. The summed E-state index contributed by atoms with van der Waals surface area (Å²) in [7, 11) is 0. The molecule has 2 aromatic heterocycles. The highest BCUT2D eigenvalue weighted by Crippen LogP contribution is 2.30. The molecular weight excluding hydrogens is 458 g/mol. The fraction of sp³-hybridized carbons (Fsp3) is 0.185. The zero-order valence-electron chi connectivity index (χ0n) is 19.7. The number of hydrogen-bond acceptors (Lipinski definition) is 5. The lowest BCUT2D eigenvalue weighted by Crippen LogP contribution is -2.40. The van der Waals surface area contributed by atoms with Crippen molar-refractivity contribution in [3.05, 3.63) is 115 Å². The number of anilines is 1. The number of para-hydroxylation sites is 1. The van der Waals surface area contributed by atoms with Crippen LogP contribution in [0.1, 0.15) is 36.7 Å². The average molecular weight is 484 g/mol. The minimum atomic E-state index is -0.585. The second kappa shape index (κ2) is 9.31. The molecule has 8 heteroatoms. The number of fused-ring (bicyclic) bond motifs is 1. The first-order valence-corrected chi connectivity index (χ1v) is 12.3. The monoisotopic (exact) mass is 483 g/mol. The van der Waals surface area contributed by atoms with E-state index in [1.54, 1.807) is 10.8 Å². The third-order valence-corrected chi connectivity index (χ3v) is 7.12. The molecule has 176 valence electrons. The summed E-state index contributed by atoms with van der Waals surface area (Å²) in [5.41, 5.74) is 4.30. The summed E-state index contributed by atoms with van der Waals surface area (Å²) in [6, 6.07) is 18.3. The maximum atomic E-state index is 13.7. The molecule has 35 heavy (non-hydrogen) atoms. The summed E-state index contributed by atoms with van der Waals surface area (Å²) in [6.07, 6.45) is 3.64. The maximum Gasteiger partial charge on any atom is 0.271 e. The van der Waals surface area contributed by atoms with Gasteiger partial charge < -0.3 is 5.32 Å². The summed E-state index contributed by atoms with van der Waals surface area (Å²) in [5.74, 6) is -0.277. The van der Waals surface area contributed by atoms with Gasteiger partial charge in [0.15, 0.2) is 4.80 Å². The molecule has 1 aliphatic heterocycles. The van der Waals surface area contributed by atoms with Gasteiger partial charge in [-0.3, -0.25) is 18.8 Å². The van der Waals surface area contributed by atoms with Crippen molar-refractivity contribution in [2.75, 3.05) is 5.32 Å². The molecule has 0 saturated heterocycles.